The molecule has 0 aliphatic rings. The zero-order chi connectivity index (χ0) is 41.7. The smallest absolute Gasteiger partial charge is 0.227 e. The Labute approximate surface area is 364 Å². The highest BCUT2D eigenvalue weighted by atomic mass is 16.4. The molecular formula is C59H38N2O2. The van der Waals surface area contributed by atoms with Crippen molar-refractivity contribution < 1.29 is 8.83 Å². The van der Waals surface area contributed by atoms with Crippen LogP contribution in [0.5, 0.6) is 0 Å². The number of benzene rings is 10. The predicted octanol–water partition coefficient (Wildman–Crippen LogP) is 16.7. The molecule has 4 heteroatoms. The molecule has 296 valence electrons. The van der Waals surface area contributed by atoms with Crippen LogP contribution in [-0.4, -0.2) is 4.98 Å². The largest absolute Gasteiger partial charge is 0.455 e. The number of aromatic nitrogens is 1. The number of rotatable bonds is 8. The van der Waals surface area contributed by atoms with Crippen molar-refractivity contribution >= 4 is 60.9 Å². The summed E-state index contributed by atoms with van der Waals surface area (Å²) in [4.78, 5) is 7.42. The van der Waals surface area contributed by atoms with E-state index in [-0.39, 0.29) is 0 Å². The van der Waals surface area contributed by atoms with Crippen molar-refractivity contribution in [3.8, 4) is 56.0 Å². The minimum atomic E-state index is 0.581. The second kappa shape index (κ2) is 15.2. The average molecular weight is 807 g/mol. The first kappa shape index (κ1) is 36.4. The van der Waals surface area contributed by atoms with Crippen LogP contribution in [0.1, 0.15) is 0 Å². The fourth-order valence-electron chi connectivity index (χ4n) is 8.95. The van der Waals surface area contributed by atoms with E-state index in [0.717, 1.165) is 77.9 Å². The quantitative estimate of drug-likeness (QED) is 0.153. The van der Waals surface area contributed by atoms with Gasteiger partial charge in [-0.3, -0.25) is 0 Å². The molecule has 0 saturated heterocycles. The van der Waals surface area contributed by atoms with E-state index in [1.54, 1.807) is 0 Å². The molecule has 2 aromatic heterocycles. The molecule has 0 radical (unpaired) electrons. The second-order valence-corrected chi connectivity index (χ2v) is 15.9. The molecule has 10 aromatic carbocycles. The van der Waals surface area contributed by atoms with E-state index in [4.69, 9.17) is 13.8 Å². The fraction of sp³-hybridized carbons (Fsp3) is 0. The number of para-hydroxylation sites is 1. The Balaban J connectivity index is 0.944. The maximum absolute atomic E-state index is 6.75. The van der Waals surface area contributed by atoms with Gasteiger partial charge in [0.2, 0.25) is 5.89 Å². The zero-order valence-electron chi connectivity index (χ0n) is 34.2. The van der Waals surface area contributed by atoms with E-state index < -0.39 is 0 Å². The highest BCUT2D eigenvalue weighted by Crippen LogP contribution is 2.43. The summed E-state index contributed by atoms with van der Waals surface area (Å²) in [6.45, 7) is 0. The molecule has 0 aliphatic carbocycles. The van der Waals surface area contributed by atoms with Gasteiger partial charge < -0.3 is 13.7 Å². The second-order valence-electron chi connectivity index (χ2n) is 15.9. The minimum Gasteiger partial charge on any atom is -0.455 e. The van der Waals surface area contributed by atoms with Crippen molar-refractivity contribution in [2.45, 2.75) is 0 Å². The number of fused-ring (bicyclic) bond motifs is 6. The van der Waals surface area contributed by atoms with Crippen LogP contribution in [0.15, 0.2) is 239 Å². The van der Waals surface area contributed by atoms with Gasteiger partial charge in [-0.2, -0.15) is 0 Å². The molecule has 63 heavy (non-hydrogen) atoms. The molecule has 2 heterocycles. The molecule has 12 rings (SSSR count). The predicted molar refractivity (Wildman–Crippen MR) is 261 cm³/mol. The van der Waals surface area contributed by atoms with E-state index in [0.29, 0.717) is 5.89 Å². The van der Waals surface area contributed by atoms with Crippen LogP contribution in [0, 0.1) is 0 Å². The number of hydrogen-bond acceptors (Lipinski definition) is 4. The first-order chi connectivity index (χ1) is 31.2. The maximum Gasteiger partial charge on any atom is 0.227 e. The standard InChI is InChI=1S/C59H38N2O2/c1-3-12-39(13-4-1)42-24-27-44(28-25-42)59-60-57-55(63-59)35-34-54-56(57)53-23-11-22-52(58(53)62-54)48-19-10-21-51(38-48)61(50-20-9-18-46(37-50)40-14-5-2-6-15-40)49-32-30-43(31-33-49)47-29-26-41-16-7-8-17-45(41)36-47/h1-38H. The molecule has 4 nitrogen and oxygen atoms in total. The topological polar surface area (TPSA) is 42.4 Å². The van der Waals surface area contributed by atoms with E-state index >= 15 is 0 Å². The van der Waals surface area contributed by atoms with Crippen molar-refractivity contribution in [1.82, 2.24) is 4.98 Å². The normalized spacial score (nSPS) is 11.5. The first-order valence-electron chi connectivity index (χ1n) is 21.3. The highest BCUT2D eigenvalue weighted by Gasteiger charge is 2.20. The van der Waals surface area contributed by atoms with Crippen LogP contribution in [-0.2, 0) is 0 Å². The van der Waals surface area contributed by atoms with Crippen molar-refractivity contribution in [3.05, 3.63) is 231 Å². The molecule has 0 saturated carbocycles. The van der Waals surface area contributed by atoms with Gasteiger partial charge in [0.1, 0.15) is 16.7 Å². The number of anilines is 3. The van der Waals surface area contributed by atoms with Crippen molar-refractivity contribution in [3.63, 3.8) is 0 Å². The fourth-order valence-corrected chi connectivity index (χ4v) is 8.95. The summed E-state index contributed by atoms with van der Waals surface area (Å²) in [5.41, 5.74) is 16.2. The van der Waals surface area contributed by atoms with Gasteiger partial charge in [0, 0.05) is 33.6 Å². The number of furan rings is 1. The number of nitrogens with zero attached hydrogens (tertiary/aromatic N) is 2. The SMILES string of the molecule is c1ccc(-c2ccc(-c3nc4c(ccc5oc6c(-c7cccc(N(c8ccc(-c9ccc%10ccccc%10c9)cc8)c8cccc(-c9ccccc9)c8)c7)cccc6c54)o3)cc2)cc1. The Bertz CT molecular complexity index is 3610. The Hall–Kier alpha value is -8.47. The summed E-state index contributed by atoms with van der Waals surface area (Å²) in [6.07, 6.45) is 0. The molecule has 0 N–H and O–H groups in total. The van der Waals surface area contributed by atoms with Crippen molar-refractivity contribution in [1.29, 1.82) is 0 Å². The summed E-state index contributed by atoms with van der Waals surface area (Å²) < 4.78 is 13.1. The molecule has 0 unspecified atom stereocenters. The van der Waals surface area contributed by atoms with Gasteiger partial charge in [-0.25, -0.2) is 4.98 Å². The van der Waals surface area contributed by atoms with E-state index in [2.05, 4.69) is 217 Å². The third-order valence-electron chi connectivity index (χ3n) is 12.1. The van der Waals surface area contributed by atoms with Crippen molar-refractivity contribution in [2.75, 3.05) is 4.90 Å². The van der Waals surface area contributed by atoms with Gasteiger partial charge in [0.25, 0.3) is 0 Å². The summed E-state index contributed by atoms with van der Waals surface area (Å²) in [7, 11) is 0. The lowest BCUT2D eigenvalue weighted by Gasteiger charge is -2.27. The van der Waals surface area contributed by atoms with Gasteiger partial charge in [0.05, 0.1) is 5.39 Å². The molecule has 12 aromatic rings. The van der Waals surface area contributed by atoms with Crippen LogP contribution in [0.2, 0.25) is 0 Å². The third-order valence-corrected chi connectivity index (χ3v) is 12.1. The Kier molecular flexibility index (Phi) is 8.79. The van der Waals surface area contributed by atoms with E-state index in [1.165, 1.54) is 33.0 Å². The molecule has 0 spiro atoms. The third kappa shape index (κ3) is 6.62. The number of oxazole rings is 1. The van der Waals surface area contributed by atoms with Crippen LogP contribution < -0.4 is 4.90 Å². The zero-order valence-corrected chi connectivity index (χ0v) is 34.2. The molecule has 0 bridgehead atoms. The number of hydrogen-bond donors (Lipinski definition) is 0. The summed E-state index contributed by atoms with van der Waals surface area (Å²) in [6, 6.07) is 81.2. The van der Waals surface area contributed by atoms with E-state index in [9.17, 15) is 0 Å². The van der Waals surface area contributed by atoms with Gasteiger partial charge in [-0.1, -0.05) is 164 Å². The minimum absolute atomic E-state index is 0.581. The van der Waals surface area contributed by atoms with Crippen LogP contribution in [0.4, 0.5) is 17.1 Å². The Morgan fingerprint density at radius 2 is 0.873 bits per heavy atom. The maximum atomic E-state index is 6.75. The Morgan fingerprint density at radius 3 is 1.63 bits per heavy atom. The van der Waals surface area contributed by atoms with Gasteiger partial charge in [0.15, 0.2) is 5.58 Å². The van der Waals surface area contributed by atoms with Crippen LogP contribution in [0.25, 0.3) is 99.8 Å². The van der Waals surface area contributed by atoms with Crippen LogP contribution in [0.3, 0.4) is 0 Å². The lowest BCUT2D eigenvalue weighted by Crippen LogP contribution is -2.10. The van der Waals surface area contributed by atoms with Gasteiger partial charge in [-0.05, 0) is 116 Å². The summed E-state index contributed by atoms with van der Waals surface area (Å²) in [5.74, 6) is 0.581. The molecule has 0 aliphatic heterocycles. The Morgan fingerprint density at radius 1 is 0.333 bits per heavy atom. The molecular weight excluding hydrogens is 769 g/mol. The molecule has 0 fully saturated rings. The lowest BCUT2D eigenvalue weighted by atomic mass is 9.99. The van der Waals surface area contributed by atoms with Crippen molar-refractivity contribution in [2.24, 2.45) is 0 Å². The monoisotopic (exact) mass is 806 g/mol. The summed E-state index contributed by atoms with van der Waals surface area (Å²) in [5, 5.41) is 4.41. The first-order valence-corrected chi connectivity index (χ1v) is 21.3. The van der Waals surface area contributed by atoms with Gasteiger partial charge in [-0.15, -0.1) is 0 Å². The van der Waals surface area contributed by atoms with E-state index in [1.807, 2.05) is 18.2 Å². The molecule has 0 atom stereocenters. The summed E-state index contributed by atoms with van der Waals surface area (Å²) >= 11 is 0. The van der Waals surface area contributed by atoms with Crippen LogP contribution >= 0.6 is 0 Å². The highest BCUT2D eigenvalue weighted by molar-refractivity contribution is 6.19. The average Bonchev–Trinajstić information content (AvgIpc) is 3.97. The van der Waals surface area contributed by atoms with Gasteiger partial charge >= 0.3 is 0 Å². The molecule has 0 amide bonds. The lowest BCUT2D eigenvalue weighted by molar-refractivity contribution is 0.619.